The highest BCUT2D eigenvalue weighted by atomic mass is 31.2. The number of halogens is 3. The molecule has 1 aliphatic heterocycles. The molecule has 1 unspecified atom stereocenters. The van der Waals surface area contributed by atoms with Crippen molar-refractivity contribution >= 4 is 18.8 Å². The Labute approximate surface area is 191 Å². The van der Waals surface area contributed by atoms with Crippen LogP contribution in [0.4, 0.5) is 24.5 Å². The van der Waals surface area contributed by atoms with Crippen LogP contribution in [-0.4, -0.2) is 13.1 Å². The van der Waals surface area contributed by atoms with Gasteiger partial charge in [0.15, 0.2) is 0 Å². The summed E-state index contributed by atoms with van der Waals surface area (Å²) in [5.41, 5.74) is 0.415. The van der Waals surface area contributed by atoms with Crippen LogP contribution in [0.5, 0.6) is 0 Å². The van der Waals surface area contributed by atoms with E-state index in [0.717, 1.165) is 29.9 Å². The highest BCUT2D eigenvalue weighted by Gasteiger charge is 2.47. The summed E-state index contributed by atoms with van der Waals surface area (Å²) in [4.78, 5) is 0. The summed E-state index contributed by atoms with van der Waals surface area (Å²) >= 11 is 0. The fourth-order valence-corrected chi connectivity index (χ4v) is 7.92. The molecule has 170 valence electrons. The molecule has 0 bridgehead atoms. The van der Waals surface area contributed by atoms with Gasteiger partial charge in [-0.15, -0.1) is 0 Å². The molecule has 0 saturated carbocycles. The van der Waals surface area contributed by atoms with Crippen molar-refractivity contribution in [3.05, 3.63) is 96.1 Å². The van der Waals surface area contributed by atoms with E-state index in [1.807, 2.05) is 70.0 Å². The predicted octanol–water partition coefficient (Wildman–Crippen LogP) is 7.27. The van der Waals surface area contributed by atoms with E-state index in [0.29, 0.717) is 18.7 Å². The summed E-state index contributed by atoms with van der Waals surface area (Å²) in [6.45, 7) is 1.04. The quantitative estimate of drug-likeness (QED) is 0.369. The summed E-state index contributed by atoms with van der Waals surface area (Å²) < 4.78 is 58.3. The molecule has 0 amide bonds. The molecule has 1 saturated heterocycles. The van der Waals surface area contributed by atoms with Gasteiger partial charge in [0.2, 0.25) is 0 Å². The average molecular weight is 469 g/mol. The lowest BCUT2D eigenvalue weighted by Gasteiger charge is -2.48. The lowest BCUT2D eigenvalue weighted by molar-refractivity contribution is -0.137. The van der Waals surface area contributed by atoms with E-state index in [-0.39, 0.29) is 6.42 Å². The Kier molecular flexibility index (Phi) is 6.49. The van der Waals surface area contributed by atoms with Gasteiger partial charge >= 0.3 is 6.18 Å². The largest absolute Gasteiger partial charge is 0.416 e. The molecule has 0 N–H and O–H groups in total. The van der Waals surface area contributed by atoms with Gasteiger partial charge in [-0.1, -0.05) is 48.5 Å². The Balaban J connectivity index is 1.88. The third-order valence-corrected chi connectivity index (χ3v) is 9.39. The van der Waals surface area contributed by atoms with Crippen LogP contribution in [0.15, 0.2) is 84.9 Å². The van der Waals surface area contributed by atoms with Crippen LogP contribution >= 0.6 is 7.44 Å². The minimum atomic E-state index is -4.47. The number of para-hydroxylation sites is 2. The molecule has 4 nitrogen and oxygen atoms in total. The van der Waals surface area contributed by atoms with Crippen LogP contribution in [-0.2, 0) is 10.7 Å². The van der Waals surface area contributed by atoms with Crippen LogP contribution in [0.3, 0.4) is 0 Å². The monoisotopic (exact) mass is 469 g/mol. The third-order valence-electron chi connectivity index (χ3n) is 5.85. The topological polar surface area (TPSA) is 47.3 Å². The van der Waals surface area contributed by atoms with Gasteiger partial charge in [0.05, 0.1) is 23.7 Å². The smallest absolute Gasteiger partial charge is 0.306 e. The number of hydrogen-bond acceptors (Lipinski definition) is 2. The van der Waals surface area contributed by atoms with E-state index in [1.165, 1.54) is 12.1 Å². The molecule has 0 spiro atoms. The first-order chi connectivity index (χ1) is 15.9. The van der Waals surface area contributed by atoms with Crippen molar-refractivity contribution in [3.8, 4) is 6.07 Å². The molecule has 1 fully saturated rings. The molecule has 0 radical (unpaired) electrons. The zero-order valence-electron chi connectivity index (χ0n) is 17.8. The number of hydrogen-bond donors (Lipinski definition) is 0. The van der Waals surface area contributed by atoms with Crippen molar-refractivity contribution in [2.45, 2.75) is 24.7 Å². The van der Waals surface area contributed by atoms with E-state index in [1.54, 1.807) is 0 Å². The molecular weight excluding hydrogens is 446 g/mol. The fourth-order valence-electron chi connectivity index (χ4n) is 4.32. The van der Waals surface area contributed by atoms with Crippen molar-refractivity contribution in [1.29, 1.82) is 5.26 Å². The van der Waals surface area contributed by atoms with Crippen LogP contribution in [0.2, 0.25) is 0 Å². The third kappa shape index (κ3) is 4.49. The van der Waals surface area contributed by atoms with Gasteiger partial charge in [-0.25, -0.2) is 0 Å². The van der Waals surface area contributed by atoms with Crippen LogP contribution in [0.1, 0.15) is 29.6 Å². The van der Waals surface area contributed by atoms with E-state index < -0.39 is 24.8 Å². The second-order valence-electron chi connectivity index (χ2n) is 7.86. The van der Waals surface area contributed by atoms with E-state index in [4.69, 9.17) is 0 Å². The minimum absolute atomic E-state index is 0.0880. The molecule has 3 aromatic rings. The molecule has 1 atom stereocenters. The molecule has 3 aromatic carbocycles. The van der Waals surface area contributed by atoms with Crippen molar-refractivity contribution in [3.63, 3.8) is 0 Å². The molecule has 1 heterocycles. The molecule has 1 aliphatic rings. The maximum atomic E-state index is 15.1. The lowest BCUT2D eigenvalue weighted by Crippen LogP contribution is -2.41. The summed E-state index contributed by atoms with van der Waals surface area (Å²) in [5, 5.41) is 9.65. The van der Waals surface area contributed by atoms with Gasteiger partial charge < -0.3 is 9.34 Å². The molecular formula is C25H23F3N3OP. The first-order valence-electron chi connectivity index (χ1n) is 10.7. The summed E-state index contributed by atoms with van der Waals surface area (Å²) in [7, 11) is -3.52. The normalized spacial score (nSPS) is 16.8. The average Bonchev–Trinajstić information content (AvgIpc) is 2.83. The summed E-state index contributed by atoms with van der Waals surface area (Å²) in [5.74, 6) is 0. The standard InChI is InChI=1S/C25H23F3N3OP/c26-25(27,28)21-14-12-20(13-15-21)24(16-17-29)33(32)30(22-8-3-1-4-9-22)18-7-19-31(33)23-10-5-2-6-11-23/h1-6,8-15,24H,7,16,18-19H2. The lowest BCUT2D eigenvalue weighted by atomic mass is 10.1. The maximum absolute atomic E-state index is 15.1. The first kappa shape index (κ1) is 22.9. The maximum Gasteiger partial charge on any atom is 0.416 e. The van der Waals surface area contributed by atoms with Gasteiger partial charge in [0.25, 0.3) is 7.44 Å². The Morgan fingerprint density at radius 1 is 0.848 bits per heavy atom. The second-order valence-corrected chi connectivity index (χ2v) is 10.6. The zero-order valence-corrected chi connectivity index (χ0v) is 18.7. The van der Waals surface area contributed by atoms with Gasteiger partial charge in [-0.05, 0) is 48.4 Å². The van der Waals surface area contributed by atoms with Crippen molar-refractivity contribution in [1.82, 2.24) is 0 Å². The van der Waals surface area contributed by atoms with Crippen LogP contribution in [0, 0.1) is 11.3 Å². The Morgan fingerprint density at radius 3 is 1.76 bits per heavy atom. The van der Waals surface area contributed by atoms with Crippen LogP contribution < -0.4 is 9.34 Å². The molecule has 4 rings (SSSR count). The van der Waals surface area contributed by atoms with Crippen molar-refractivity contribution in [2.24, 2.45) is 0 Å². The first-order valence-corrected chi connectivity index (χ1v) is 12.3. The number of rotatable bonds is 5. The number of benzene rings is 3. The van der Waals surface area contributed by atoms with Gasteiger partial charge in [-0.3, -0.25) is 4.57 Å². The summed E-state index contributed by atoms with van der Waals surface area (Å²) in [6.07, 6.45) is -3.81. The van der Waals surface area contributed by atoms with Gasteiger partial charge in [-0.2, -0.15) is 18.4 Å². The zero-order chi connectivity index (χ0) is 23.5. The highest BCUT2D eigenvalue weighted by molar-refractivity contribution is 7.67. The molecule has 8 heteroatoms. The Morgan fingerprint density at radius 2 is 1.33 bits per heavy atom. The molecule has 33 heavy (non-hydrogen) atoms. The van der Waals surface area contributed by atoms with Crippen molar-refractivity contribution < 1.29 is 17.7 Å². The van der Waals surface area contributed by atoms with E-state index in [2.05, 4.69) is 6.07 Å². The van der Waals surface area contributed by atoms with Gasteiger partial charge in [0, 0.05) is 24.5 Å². The Bertz CT molecular complexity index is 1110. The van der Waals surface area contributed by atoms with Crippen LogP contribution in [0.25, 0.3) is 0 Å². The SMILES string of the molecule is N#CCC(c1ccc(C(F)(F)F)cc1)P1(=O)N(c2ccccc2)CCCN1c1ccccc1. The fraction of sp³-hybridized carbons (Fsp3) is 0.240. The van der Waals surface area contributed by atoms with E-state index >= 15 is 4.57 Å². The molecule has 0 aliphatic carbocycles. The number of anilines is 2. The minimum Gasteiger partial charge on any atom is -0.306 e. The predicted molar refractivity (Wildman–Crippen MR) is 124 cm³/mol. The summed E-state index contributed by atoms with van der Waals surface area (Å²) in [6, 6.07) is 25.5. The number of nitrogens with zero attached hydrogens (tertiary/aromatic N) is 3. The second kappa shape index (κ2) is 9.33. The van der Waals surface area contributed by atoms with Gasteiger partial charge in [0.1, 0.15) is 0 Å². The Hall–Kier alpha value is -3.23. The highest BCUT2D eigenvalue weighted by Crippen LogP contribution is 2.68. The molecule has 0 aromatic heterocycles. The van der Waals surface area contributed by atoms with E-state index in [9.17, 15) is 18.4 Å². The number of alkyl halides is 3. The number of nitriles is 1. The van der Waals surface area contributed by atoms with Crippen molar-refractivity contribution in [2.75, 3.05) is 22.4 Å².